The van der Waals surface area contributed by atoms with Gasteiger partial charge in [0, 0.05) is 12.5 Å². The number of carbonyl (C=O) groups is 4. The molecule has 154 valence electrons. The van der Waals surface area contributed by atoms with Crippen LogP contribution in [0.1, 0.15) is 12.5 Å². The van der Waals surface area contributed by atoms with Crippen LogP contribution in [-0.2, 0) is 40.2 Å². The van der Waals surface area contributed by atoms with E-state index in [4.69, 9.17) is 4.74 Å². The number of carboxylic acids is 1. The summed E-state index contributed by atoms with van der Waals surface area (Å²) in [6, 6.07) is 7.28. The Morgan fingerprint density at radius 1 is 1.24 bits per heavy atom. The molecule has 2 heterocycles. The molecule has 0 aliphatic carbocycles. The maximum absolute atomic E-state index is 12.6. The lowest BCUT2D eigenvalue weighted by Crippen LogP contribution is -2.75. The summed E-state index contributed by atoms with van der Waals surface area (Å²) in [6.07, 6.45) is -0.0588. The van der Waals surface area contributed by atoms with Crippen molar-refractivity contribution in [2.45, 2.75) is 24.8 Å². The van der Waals surface area contributed by atoms with Crippen LogP contribution in [0.25, 0.3) is 0 Å². The first kappa shape index (κ1) is 20.5. The molecule has 0 bridgehead atoms. The number of hydrogen-bond donors (Lipinski definition) is 2. The fraction of sp³-hybridized carbons (Fsp3) is 0.333. The first-order valence-corrected chi connectivity index (χ1v) is 10.3. The van der Waals surface area contributed by atoms with Crippen molar-refractivity contribution in [3.05, 3.63) is 47.2 Å². The molecule has 2 atom stereocenters. The zero-order valence-corrected chi connectivity index (χ0v) is 16.1. The Morgan fingerprint density at radius 3 is 2.48 bits per heavy atom. The normalized spacial score (nSPS) is 22.4. The molecular weight excluding hydrogens is 404 g/mol. The second-order valence-electron chi connectivity index (χ2n) is 6.65. The van der Waals surface area contributed by atoms with Crippen LogP contribution < -0.4 is 5.32 Å². The Labute approximate surface area is 166 Å². The van der Waals surface area contributed by atoms with Gasteiger partial charge in [0.2, 0.25) is 5.91 Å². The van der Waals surface area contributed by atoms with E-state index in [0.717, 1.165) is 6.92 Å². The van der Waals surface area contributed by atoms with Crippen molar-refractivity contribution in [2.75, 3.05) is 12.4 Å². The zero-order chi connectivity index (χ0) is 21.3. The van der Waals surface area contributed by atoms with Crippen LogP contribution in [0, 0.1) is 0 Å². The van der Waals surface area contributed by atoms with Crippen molar-refractivity contribution in [1.82, 2.24) is 10.2 Å². The Morgan fingerprint density at radius 2 is 1.90 bits per heavy atom. The maximum atomic E-state index is 12.6. The first-order valence-electron chi connectivity index (χ1n) is 8.58. The predicted octanol–water partition coefficient (Wildman–Crippen LogP) is -0.788. The lowest BCUT2D eigenvalue weighted by atomic mass is 10.0. The molecule has 2 N–H and O–H groups in total. The first-order chi connectivity index (χ1) is 13.6. The largest absolute Gasteiger partial charge is 0.477 e. The number of hydrogen-bond acceptors (Lipinski definition) is 7. The highest BCUT2D eigenvalue weighted by molar-refractivity contribution is 7.92. The average molecular weight is 422 g/mol. The van der Waals surface area contributed by atoms with Crippen molar-refractivity contribution >= 4 is 33.6 Å². The van der Waals surface area contributed by atoms with Crippen LogP contribution >= 0.6 is 0 Å². The highest BCUT2D eigenvalue weighted by atomic mass is 32.2. The van der Waals surface area contributed by atoms with Crippen molar-refractivity contribution in [3.63, 3.8) is 0 Å². The smallest absolute Gasteiger partial charge is 0.352 e. The number of β-lactam (4-membered cyclic amide) rings is 1. The van der Waals surface area contributed by atoms with Crippen LogP contribution in [-0.4, -0.2) is 66.0 Å². The number of nitrogens with one attached hydrogen (secondary N) is 1. The number of benzene rings is 1. The van der Waals surface area contributed by atoms with Gasteiger partial charge in [0.1, 0.15) is 18.3 Å². The average Bonchev–Trinajstić information content (AvgIpc) is 2.64. The Balaban J connectivity index is 1.83. The number of sulfone groups is 1. The number of rotatable bonds is 6. The summed E-state index contributed by atoms with van der Waals surface area (Å²) in [5, 5.41) is 10.3. The molecular formula is C18H18N2O8S. The van der Waals surface area contributed by atoms with Gasteiger partial charge in [-0.3, -0.25) is 19.3 Å². The van der Waals surface area contributed by atoms with Gasteiger partial charge in [0.25, 0.3) is 5.91 Å². The zero-order valence-electron chi connectivity index (χ0n) is 15.3. The molecule has 2 amide bonds. The number of ether oxygens (including phenoxy) is 1. The van der Waals surface area contributed by atoms with Crippen LogP contribution in [0.3, 0.4) is 0 Å². The minimum Gasteiger partial charge on any atom is -0.477 e. The number of esters is 1. The van der Waals surface area contributed by atoms with E-state index < -0.39 is 63.1 Å². The molecule has 1 aromatic carbocycles. The molecule has 29 heavy (non-hydrogen) atoms. The van der Waals surface area contributed by atoms with E-state index in [9.17, 15) is 32.7 Å². The highest BCUT2D eigenvalue weighted by Gasteiger charge is 2.60. The summed E-state index contributed by atoms with van der Waals surface area (Å²) in [7, 11) is -4.01. The van der Waals surface area contributed by atoms with E-state index >= 15 is 0 Å². The van der Waals surface area contributed by atoms with Crippen LogP contribution in [0.5, 0.6) is 0 Å². The van der Waals surface area contributed by atoms with E-state index in [-0.39, 0.29) is 12.0 Å². The molecule has 11 heteroatoms. The van der Waals surface area contributed by atoms with Crippen molar-refractivity contribution in [3.8, 4) is 0 Å². The summed E-state index contributed by atoms with van der Waals surface area (Å²) >= 11 is 0. The minimum atomic E-state index is -4.01. The standard InChI is InChI=1S/C18H18N2O8S/c1-10(21)28-8-12-9-29(26,27)17-14(16(23)20(17)15(12)18(24)25)19-13(22)7-11-5-3-2-4-6-11/h2-6,14,17H,7-9H2,1H3,(H,19,22)(H,24,25)/t14-,17-/m1/s1. The van der Waals surface area contributed by atoms with Gasteiger partial charge in [-0.25, -0.2) is 13.2 Å². The second-order valence-corrected chi connectivity index (χ2v) is 8.75. The van der Waals surface area contributed by atoms with Crippen molar-refractivity contribution < 1.29 is 37.4 Å². The van der Waals surface area contributed by atoms with Gasteiger partial charge in [-0.05, 0) is 5.56 Å². The minimum absolute atomic E-state index is 0.0588. The van der Waals surface area contributed by atoms with Crippen LogP contribution in [0.2, 0.25) is 0 Å². The highest BCUT2D eigenvalue weighted by Crippen LogP contribution is 2.36. The lowest BCUT2D eigenvalue weighted by Gasteiger charge is -2.48. The summed E-state index contributed by atoms with van der Waals surface area (Å²) in [4.78, 5) is 48.0. The SMILES string of the molecule is CC(=O)OCC1=C(C(=O)O)N2C(=O)[C@@H](NC(=O)Cc3ccccc3)[C@H]2S(=O)(=O)C1. The third-order valence-electron chi connectivity index (χ3n) is 4.54. The molecule has 1 saturated heterocycles. The lowest BCUT2D eigenvalue weighted by molar-refractivity contribution is -0.151. The Hall–Kier alpha value is -3.21. The summed E-state index contributed by atoms with van der Waals surface area (Å²) < 4.78 is 30.0. The molecule has 0 unspecified atom stereocenters. The molecule has 0 aromatic heterocycles. The third kappa shape index (κ3) is 3.99. The second kappa shape index (κ2) is 7.66. The monoisotopic (exact) mass is 422 g/mol. The van der Waals surface area contributed by atoms with Gasteiger partial charge in [-0.15, -0.1) is 0 Å². The topological polar surface area (TPSA) is 147 Å². The molecule has 1 aromatic rings. The summed E-state index contributed by atoms with van der Waals surface area (Å²) in [5.74, 6) is -4.34. The molecule has 3 rings (SSSR count). The maximum Gasteiger partial charge on any atom is 0.352 e. The number of aliphatic carboxylic acids is 1. The number of fused-ring (bicyclic) bond motifs is 1. The fourth-order valence-corrected chi connectivity index (χ4v) is 5.33. The molecule has 2 aliphatic heterocycles. The predicted molar refractivity (Wildman–Crippen MR) is 97.8 cm³/mol. The molecule has 2 aliphatic rings. The van der Waals surface area contributed by atoms with E-state index in [1.54, 1.807) is 30.3 Å². The summed E-state index contributed by atoms with van der Waals surface area (Å²) in [5.41, 5.74) is -0.0640. The molecule has 1 fully saturated rings. The molecule has 0 saturated carbocycles. The van der Waals surface area contributed by atoms with Crippen LogP contribution in [0.4, 0.5) is 0 Å². The molecule has 0 radical (unpaired) electrons. The van der Waals surface area contributed by atoms with Crippen molar-refractivity contribution in [2.24, 2.45) is 0 Å². The van der Waals surface area contributed by atoms with E-state index in [1.165, 1.54) is 0 Å². The third-order valence-corrected chi connectivity index (χ3v) is 6.51. The van der Waals surface area contributed by atoms with Gasteiger partial charge >= 0.3 is 11.9 Å². The number of amides is 2. The van der Waals surface area contributed by atoms with Gasteiger partial charge in [-0.2, -0.15) is 0 Å². The van der Waals surface area contributed by atoms with E-state index in [2.05, 4.69) is 5.32 Å². The quantitative estimate of drug-likeness (QED) is 0.448. The molecule has 0 spiro atoms. The Kier molecular flexibility index (Phi) is 5.42. The Bertz CT molecular complexity index is 1020. The van der Waals surface area contributed by atoms with Gasteiger partial charge < -0.3 is 15.2 Å². The van der Waals surface area contributed by atoms with Gasteiger partial charge in [0.15, 0.2) is 15.2 Å². The number of nitrogens with zero attached hydrogens (tertiary/aromatic N) is 1. The number of carbonyl (C=O) groups excluding carboxylic acids is 3. The van der Waals surface area contributed by atoms with E-state index in [1.807, 2.05) is 0 Å². The van der Waals surface area contributed by atoms with Crippen LogP contribution in [0.15, 0.2) is 41.6 Å². The van der Waals surface area contributed by atoms with Crippen molar-refractivity contribution in [1.29, 1.82) is 0 Å². The van der Waals surface area contributed by atoms with Gasteiger partial charge in [-0.1, -0.05) is 30.3 Å². The fourth-order valence-electron chi connectivity index (χ4n) is 3.33. The molecule has 10 nitrogen and oxygen atoms in total. The van der Waals surface area contributed by atoms with E-state index in [0.29, 0.717) is 10.5 Å². The number of carboxylic acid groups (broad SMARTS) is 1. The summed E-state index contributed by atoms with van der Waals surface area (Å²) in [6.45, 7) is 0.534. The van der Waals surface area contributed by atoms with Gasteiger partial charge in [0.05, 0.1) is 12.2 Å².